The van der Waals surface area contributed by atoms with Crippen molar-refractivity contribution in [1.29, 1.82) is 0 Å². The van der Waals surface area contributed by atoms with Crippen LogP contribution in [0.1, 0.15) is 33.1 Å². The van der Waals surface area contributed by atoms with Crippen LogP contribution in [0.3, 0.4) is 0 Å². The number of sulfone groups is 1. The van der Waals surface area contributed by atoms with E-state index in [1.807, 2.05) is 0 Å². The Balaban J connectivity index is 2.46. The van der Waals surface area contributed by atoms with Crippen molar-refractivity contribution in [3.8, 4) is 0 Å². The molecule has 1 fully saturated rings. The molecule has 0 aromatic heterocycles. The highest BCUT2D eigenvalue weighted by Crippen LogP contribution is 2.19. The van der Waals surface area contributed by atoms with Crippen molar-refractivity contribution in [2.24, 2.45) is 5.41 Å². The zero-order valence-corrected chi connectivity index (χ0v) is 12.6. The fourth-order valence-electron chi connectivity index (χ4n) is 2.00. The fraction of sp³-hybridized carbons (Fsp3) is 0.833. The standard InChI is InChI=1S/C12H22N2O5S/c1-3-12(2,10(15)16)8-13-11(17)14-9-5-4-6-20(18,19)7-9/h9H,3-8H2,1-2H3,(H,15,16)(H2,13,14,17). The molecule has 0 aromatic carbocycles. The maximum atomic E-state index is 11.7. The lowest BCUT2D eigenvalue weighted by Crippen LogP contribution is -2.50. The molecule has 0 spiro atoms. The van der Waals surface area contributed by atoms with Crippen LogP contribution in [0.4, 0.5) is 4.79 Å². The van der Waals surface area contributed by atoms with Gasteiger partial charge in [0.25, 0.3) is 0 Å². The van der Waals surface area contributed by atoms with Crippen LogP contribution in [0.15, 0.2) is 0 Å². The van der Waals surface area contributed by atoms with Gasteiger partial charge >= 0.3 is 12.0 Å². The summed E-state index contributed by atoms with van der Waals surface area (Å²) in [6, 6.07) is -0.917. The van der Waals surface area contributed by atoms with Crippen molar-refractivity contribution in [2.45, 2.75) is 39.2 Å². The number of urea groups is 1. The number of hydrogen-bond donors (Lipinski definition) is 3. The molecule has 116 valence electrons. The van der Waals surface area contributed by atoms with E-state index in [0.29, 0.717) is 19.3 Å². The Bertz CT molecular complexity index is 476. The van der Waals surface area contributed by atoms with E-state index < -0.39 is 33.3 Å². The number of rotatable bonds is 5. The molecule has 1 saturated heterocycles. The second-order valence-corrected chi connectivity index (χ2v) is 7.73. The Kier molecular flexibility index (Phi) is 5.38. The van der Waals surface area contributed by atoms with E-state index in [0.717, 1.165) is 0 Å². The van der Waals surface area contributed by atoms with E-state index in [9.17, 15) is 18.0 Å². The quantitative estimate of drug-likeness (QED) is 0.679. The van der Waals surface area contributed by atoms with E-state index in [-0.39, 0.29) is 18.1 Å². The highest BCUT2D eigenvalue weighted by atomic mass is 32.2. The van der Waals surface area contributed by atoms with Crippen molar-refractivity contribution < 1.29 is 23.1 Å². The number of carboxylic acids is 1. The summed E-state index contributed by atoms with van der Waals surface area (Å²) in [7, 11) is -3.08. The smallest absolute Gasteiger partial charge is 0.315 e. The number of amides is 2. The third-order valence-corrected chi connectivity index (χ3v) is 5.55. The molecule has 1 aliphatic rings. The monoisotopic (exact) mass is 306 g/mol. The van der Waals surface area contributed by atoms with Crippen molar-refractivity contribution in [3.63, 3.8) is 0 Å². The van der Waals surface area contributed by atoms with Crippen molar-refractivity contribution >= 4 is 21.8 Å². The molecule has 3 N–H and O–H groups in total. The summed E-state index contributed by atoms with van der Waals surface area (Å²) in [4.78, 5) is 22.8. The van der Waals surface area contributed by atoms with Gasteiger partial charge in [-0.2, -0.15) is 0 Å². The third kappa shape index (κ3) is 4.66. The summed E-state index contributed by atoms with van der Waals surface area (Å²) in [6.45, 7) is 3.30. The molecular formula is C12H22N2O5S. The van der Waals surface area contributed by atoms with Gasteiger partial charge in [-0.25, -0.2) is 13.2 Å². The van der Waals surface area contributed by atoms with Gasteiger partial charge in [0.2, 0.25) is 0 Å². The number of carboxylic acid groups (broad SMARTS) is 1. The first-order valence-corrected chi connectivity index (χ1v) is 8.49. The maximum Gasteiger partial charge on any atom is 0.315 e. The first-order valence-electron chi connectivity index (χ1n) is 6.67. The Hall–Kier alpha value is -1.31. The second-order valence-electron chi connectivity index (χ2n) is 5.50. The lowest BCUT2D eigenvalue weighted by atomic mass is 9.88. The van der Waals surface area contributed by atoms with Crippen LogP contribution >= 0.6 is 0 Å². The van der Waals surface area contributed by atoms with Crippen LogP contribution in [0, 0.1) is 5.41 Å². The summed E-state index contributed by atoms with van der Waals surface area (Å²) in [5, 5.41) is 14.2. The van der Waals surface area contributed by atoms with Gasteiger partial charge in [-0.1, -0.05) is 6.92 Å². The summed E-state index contributed by atoms with van der Waals surface area (Å²) in [6.07, 6.45) is 1.55. The summed E-state index contributed by atoms with van der Waals surface area (Å²) in [5.41, 5.74) is -1.02. The molecule has 2 unspecified atom stereocenters. The molecule has 8 heteroatoms. The van der Waals surface area contributed by atoms with Gasteiger partial charge in [0, 0.05) is 12.6 Å². The Morgan fingerprint density at radius 3 is 2.55 bits per heavy atom. The van der Waals surface area contributed by atoms with E-state index in [4.69, 9.17) is 5.11 Å². The predicted molar refractivity (Wildman–Crippen MR) is 74.2 cm³/mol. The largest absolute Gasteiger partial charge is 0.481 e. The average molecular weight is 306 g/mol. The van der Waals surface area contributed by atoms with Gasteiger partial charge in [-0.15, -0.1) is 0 Å². The SMILES string of the molecule is CCC(C)(CNC(=O)NC1CCCS(=O)(=O)C1)C(=O)O. The number of hydrogen-bond acceptors (Lipinski definition) is 4. The molecule has 7 nitrogen and oxygen atoms in total. The molecule has 20 heavy (non-hydrogen) atoms. The first kappa shape index (κ1) is 16.7. The fourth-order valence-corrected chi connectivity index (χ4v) is 3.64. The predicted octanol–water partition coefficient (Wildman–Crippen LogP) is 0.364. The van der Waals surface area contributed by atoms with Crippen molar-refractivity contribution in [1.82, 2.24) is 10.6 Å². The van der Waals surface area contributed by atoms with Gasteiger partial charge < -0.3 is 15.7 Å². The van der Waals surface area contributed by atoms with Crippen LogP contribution in [-0.2, 0) is 14.6 Å². The van der Waals surface area contributed by atoms with Crippen molar-refractivity contribution in [3.05, 3.63) is 0 Å². The minimum Gasteiger partial charge on any atom is -0.481 e. The van der Waals surface area contributed by atoms with Crippen LogP contribution < -0.4 is 10.6 Å². The number of carbonyl (C=O) groups is 2. The Morgan fingerprint density at radius 1 is 1.40 bits per heavy atom. The van der Waals surface area contributed by atoms with Crippen LogP contribution in [0.25, 0.3) is 0 Å². The molecular weight excluding hydrogens is 284 g/mol. The summed E-state index contributed by atoms with van der Waals surface area (Å²) < 4.78 is 22.9. The molecule has 0 bridgehead atoms. The van der Waals surface area contributed by atoms with E-state index in [1.165, 1.54) is 0 Å². The van der Waals surface area contributed by atoms with Gasteiger partial charge in [-0.05, 0) is 26.2 Å². The zero-order chi connectivity index (χ0) is 15.4. The van der Waals surface area contributed by atoms with Gasteiger partial charge in [0.15, 0.2) is 9.84 Å². The molecule has 0 aromatic rings. The van der Waals surface area contributed by atoms with E-state index >= 15 is 0 Å². The molecule has 0 radical (unpaired) electrons. The highest BCUT2D eigenvalue weighted by molar-refractivity contribution is 7.91. The number of aliphatic carboxylic acids is 1. The summed E-state index contributed by atoms with van der Waals surface area (Å²) in [5.74, 6) is -0.857. The van der Waals surface area contributed by atoms with Crippen LogP contribution in [0.5, 0.6) is 0 Å². The minimum absolute atomic E-state index is 0.00410. The van der Waals surface area contributed by atoms with Crippen LogP contribution in [0.2, 0.25) is 0 Å². The van der Waals surface area contributed by atoms with Crippen LogP contribution in [-0.4, -0.2) is 49.6 Å². The summed E-state index contributed by atoms with van der Waals surface area (Å²) >= 11 is 0. The van der Waals surface area contributed by atoms with Crippen molar-refractivity contribution in [2.75, 3.05) is 18.1 Å². The molecule has 0 saturated carbocycles. The molecule has 1 aliphatic heterocycles. The zero-order valence-electron chi connectivity index (χ0n) is 11.8. The van der Waals surface area contributed by atoms with Gasteiger partial charge in [0.05, 0.1) is 16.9 Å². The molecule has 0 aliphatic carbocycles. The maximum absolute atomic E-state index is 11.7. The van der Waals surface area contributed by atoms with E-state index in [1.54, 1.807) is 13.8 Å². The van der Waals surface area contributed by atoms with Gasteiger partial charge in [0.1, 0.15) is 0 Å². The van der Waals surface area contributed by atoms with Gasteiger partial charge in [-0.3, -0.25) is 4.79 Å². The lowest BCUT2D eigenvalue weighted by Gasteiger charge is -2.26. The molecule has 2 atom stereocenters. The Morgan fingerprint density at radius 2 is 2.05 bits per heavy atom. The molecule has 1 heterocycles. The number of nitrogens with one attached hydrogen (secondary N) is 2. The topological polar surface area (TPSA) is 113 Å². The lowest BCUT2D eigenvalue weighted by molar-refractivity contribution is -0.147. The number of carbonyl (C=O) groups excluding carboxylic acids is 1. The average Bonchev–Trinajstić information content (AvgIpc) is 2.34. The molecule has 2 amide bonds. The first-order chi connectivity index (χ1) is 9.18. The third-order valence-electron chi connectivity index (χ3n) is 3.73. The highest BCUT2D eigenvalue weighted by Gasteiger charge is 2.32. The molecule has 1 rings (SSSR count). The minimum atomic E-state index is -3.08. The normalized spacial score (nSPS) is 24.4. The second kappa shape index (κ2) is 6.43. The Labute approximate surface area is 119 Å². The van der Waals surface area contributed by atoms with E-state index in [2.05, 4.69) is 10.6 Å².